The second kappa shape index (κ2) is 6.44. The Bertz CT molecular complexity index is 819. The maximum atomic E-state index is 13.0. The van der Waals surface area contributed by atoms with E-state index in [0.29, 0.717) is 5.69 Å². The first-order valence-corrected chi connectivity index (χ1v) is 8.55. The Hall–Kier alpha value is -2.32. The maximum Gasteiger partial charge on any atom is 0.435 e. The molecule has 2 aromatic rings. The SMILES string of the molecule is Cc1c(C(C)NC(=O)C(C)n2nc(C(F)(F)F)cc2C2CC2)cnn1C. The minimum absolute atomic E-state index is 0.0480. The number of hydrogen-bond acceptors (Lipinski definition) is 3. The summed E-state index contributed by atoms with van der Waals surface area (Å²) in [7, 11) is 1.81. The summed E-state index contributed by atoms with van der Waals surface area (Å²) in [4.78, 5) is 12.6. The van der Waals surface area contributed by atoms with E-state index >= 15 is 0 Å². The van der Waals surface area contributed by atoms with Crippen LogP contribution in [0.25, 0.3) is 0 Å². The number of amides is 1. The highest BCUT2D eigenvalue weighted by atomic mass is 19.4. The Labute approximate surface area is 149 Å². The molecule has 2 unspecified atom stereocenters. The first-order valence-electron chi connectivity index (χ1n) is 8.55. The van der Waals surface area contributed by atoms with Crippen molar-refractivity contribution in [2.45, 2.75) is 57.8 Å². The molecule has 26 heavy (non-hydrogen) atoms. The lowest BCUT2D eigenvalue weighted by Crippen LogP contribution is -2.34. The van der Waals surface area contributed by atoms with E-state index in [-0.39, 0.29) is 17.9 Å². The molecule has 2 atom stereocenters. The number of alkyl halides is 3. The lowest BCUT2D eigenvalue weighted by Gasteiger charge is -2.19. The molecule has 0 radical (unpaired) electrons. The number of carbonyl (C=O) groups excluding carboxylic acids is 1. The van der Waals surface area contributed by atoms with Crippen LogP contribution < -0.4 is 5.32 Å². The highest BCUT2D eigenvalue weighted by Gasteiger charge is 2.39. The Balaban J connectivity index is 1.80. The molecule has 2 aromatic heterocycles. The van der Waals surface area contributed by atoms with Gasteiger partial charge in [0.05, 0.1) is 12.2 Å². The molecule has 1 aliphatic rings. The van der Waals surface area contributed by atoms with Crippen LogP contribution in [0.5, 0.6) is 0 Å². The molecule has 1 saturated carbocycles. The summed E-state index contributed by atoms with van der Waals surface area (Å²) in [6.45, 7) is 5.28. The van der Waals surface area contributed by atoms with Gasteiger partial charge in [-0.1, -0.05) is 0 Å². The maximum absolute atomic E-state index is 13.0. The normalized spacial score (nSPS) is 17.2. The van der Waals surface area contributed by atoms with E-state index in [1.54, 1.807) is 24.9 Å². The van der Waals surface area contributed by atoms with Crippen molar-refractivity contribution in [1.29, 1.82) is 0 Å². The largest absolute Gasteiger partial charge is 0.435 e. The van der Waals surface area contributed by atoms with Gasteiger partial charge in [-0.15, -0.1) is 0 Å². The Morgan fingerprint density at radius 2 is 2.00 bits per heavy atom. The van der Waals surface area contributed by atoms with Gasteiger partial charge in [0, 0.05) is 29.9 Å². The number of halogens is 3. The van der Waals surface area contributed by atoms with Gasteiger partial charge < -0.3 is 5.32 Å². The van der Waals surface area contributed by atoms with Crippen molar-refractivity contribution in [1.82, 2.24) is 24.9 Å². The number of nitrogens with one attached hydrogen (secondary N) is 1. The number of carbonyl (C=O) groups is 1. The average Bonchev–Trinajstić information content (AvgIpc) is 3.21. The van der Waals surface area contributed by atoms with Crippen molar-refractivity contribution in [3.63, 3.8) is 0 Å². The number of hydrogen-bond donors (Lipinski definition) is 1. The predicted molar refractivity (Wildman–Crippen MR) is 88.4 cm³/mol. The summed E-state index contributed by atoms with van der Waals surface area (Å²) in [5, 5.41) is 10.7. The number of nitrogens with zero attached hydrogens (tertiary/aromatic N) is 4. The van der Waals surface area contributed by atoms with E-state index in [9.17, 15) is 18.0 Å². The van der Waals surface area contributed by atoms with Crippen LogP contribution in [0.15, 0.2) is 12.3 Å². The van der Waals surface area contributed by atoms with Crippen LogP contribution >= 0.6 is 0 Å². The molecular formula is C17H22F3N5O. The Morgan fingerprint density at radius 1 is 1.35 bits per heavy atom. The fraction of sp³-hybridized carbons (Fsp3) is 0.588. The zero-order valence-electron chi connectivity index (χ0n) is 15.1. The fourth-order valence-electron chi connectivity index (χ4n) is 3.01. The van der Waals surface area contributed by atoms with Gasteiger partial charge in [0.25, 0.3) is 0 Å². The van der Waals surface area contributed by atoms with Gasteiger partial charge in [0.2, 0.25) is 5.91 Å². The Morgan fingerprint density at radius 3 is 2.50 bits per heavy atom. The average molecular weight is 369 g/mol. The summed E-state index contributed by atoms with van der Waals surface area (Å²) in [6, 6.07) is -0.0716. The number of rotatable bonds is 5. The molecule has 1 fully saturated rings. The van der Waals surface area contributed by atoms with Crippen LogP contribution in [0.4, 0.5) is 13.2 Å². The predicted octanol–water partition coefficient (Wildman–Crippen LogP) is 3.26. The molecule has 142 valence electrons. The van der Waals surface area contributed by atoms with E-state index in [1.807, 2.05) is 13.8 Å². The summed E-state index contributed by atoms with van der Waals surface area (Å²) < 4.78 is 42.0. The molecule has 0 spiro atoms. The van der Waals surface area contributed by atoms with Gasteiger partial charge >= 0.3 is 6.18 Å². The highest BCUT2D eigenvalue weighted by molar-refractivity contribution is 5.80. The molecule has 3 rings (SSSR count). The molecule has 1 aliphatic carbocycles. The van der Waals surface area contributed by atoms with E-state index < -0.39 is 17.9 Å². The topological polar surface area (TPSA) is 64.7 Å². The van der Waals surface area contributed by atoms with Gasteiger partial charge in [-0.05, 0) is 39.7 Å². The number of aryl methyl sites for hydroxylation is 1. The van der Waals surface area contributed by atoms with E-state index in [1.165, 1.54) is 4.68 Å². The molecular weight excluding hydrogens is 347 g/mol. The van der Waals surface area contributed by atoms with Crippen molar-refractivity contribution < 1.29 is 18.0 Å². The molecule has 1 N–H and O–H groups in total. The first-order chi connectivity index (χ1) is 12.1. The van der Waals surface area contributed by atoms with Gasteiger partial charge in [-0.3, -0.25) is 14.2 Å². The van der Waals surface area contributed by atoms with Gasteiger partial charge in [0.15, 0.2) is 5.69 Å². The molecule has 0 aliphatic heterocycles. The zero-order chi connectivity index (χ0) is 19.2. The standard InChI is InChI=1S/C17H22F3N5O/c1-9(13-8-21-24(4)10(13)2)22-16(26)11(3)25-14(12-5-6-12)7-15(23-25)17(18,19)20/h7-9,11-12H,5-6H2,1-4H3,(H,22,26). The smallest absolute Gasteiger partial charge is 0.348 e. The van der Waals surface area contributed by atoms with E-state index in [0.717, 1.165) is 30.2 Å². The van der Waals surface area contributed by atoms with Crippen LogP contribution in [-0.2, 0) is 18.0 Å². The summed E-state index contributed by atoms with van der Waals surface area (Å²) in [5.74, 6) is -0.327. The van der Waals surface area contributed by atoms with Crippen LogP contribution in [0, 0.1) is 6.92 Å². The second-order valence-electron chi connectivity index (χ2n) is 6.89. The third-order valence-corrected chi connectivity index (χ3v) is 4.90. The molecule has 1 amide bonds. The van der Waals surface area contributed by atoms with Crippen LogP contribution in [-0.4, -0.2) is 25.5 Å². The molecule has 0 aromatic carbocycles. The summed E-state index contributed by atoms with van der Waals surface area (Å²) >= 11 is 0. The van der Waals surface area contributed by atoms with Crippen molar-refractivity contribution >= 4 is 5.91 Å². The third kappa shape index (κ3) is 3.47. The Kier molecular flexibility index (Phi) is 4.58. The van der Waals surface area contributed by atoms with Crippen LogP contribution in [0.2, 0.25) is 0 Å². The quantitative estimate of drug-likeness (QED) is 0.880. The van der Waals surface area contributed by atoms with E-state index in [4.69, 9.17) is 0 Å². The van der Waals surface area contributed by atoms with Crippen molar-refractivity contribution in [2.24, 2.45) is 7.05 Å². The van der Waals surface area contributed by atoms with Crippen molar-refractivity contribution in [3.05, 3.63) is 34.9 Å². The van der Waals surface area contributed by atoms with Gasteiger partial charge in [0.1, 0.15) is 6.04 Å². The highest BCUT2D eigenvalue weighted by Crippen LogP contribution is 2.43. The summed E-state index contributed by atoms with van der Waals surface area (Å²) in [6.07, 6.45) is -1.20. The molecule has 2 heterocycles. The minimum atomic E-state index is -4.52. The van der Waals surface area contributed by atoms with Gasteiger partial charge in [-0.2, -0.15) is 23.4 Å². The van der Waals surface area contributed by atoms with Crippen LogP contribution in [0.1, 0.15) is 67.3 Å². The molecule has 0 saturated heterocycles. The first kappa shape index (κ1) is 18.5. The van der Waals surface area contributed by atoms with Crippen LogP contribution in [0.3, 0.4) is 0 Å². The van der Waals surface area contributed by atoms with Crippen molar-refractivity contribution in [3.8, 4) is 0 Å². The van der Waals surface area contributed by atoms with E-state index in [2.05, 4.69) is 15.5 Å². The van der Waals surface area contributed by atoms with Crippen molar-refractivity contribution in [2.75, 3.05) is 0 Å². The fourth-order valence-corrected chi connectivity index (χ4v) is 3.01. The summed E-state index contributed by atoms with van der Waals surface area (Å²) in [5.41, 5.74) is 1.31. The lowest BCUT2D eigenvalue weighted by atomic mass is 10.1. The minimum Gasteiger partial charge on any atom is -0.348 e. The molecule has 9 heteroatoms. The molecule has 0 bridgehead atoms. The number of aromatic nitrogens is 4. The molecule has 6 nitrogen and oxygen atoms in total. The lowest BCUT2D eigenvalue weighted by molar-refractivity contribution is -0.142. The van der Waals surface area contributed by atoms with Gasteiger partial charge in [-0.25, -0.2) is 0 Å². The zero-order valence-corrected chi connectivity index (χ0v) is 15.1. The monoisotopic (exact) mass is 369 g/mol. The second-order valence-corrected chi connectivity index (χ2v) is 6.89. The third-order valence-electron chi connectivity index (χ3n) is 4.90.